The second kappa shape index (κ2) is 15.6. The number of methoxy groups -OCH3 is 1. The second-order valence-electron chi connectivity index (χ2n) is 11.7. The molecule has 9 heteroatoms. The molecule has 9 nitrogen and oxygen atoms in total. The van der Waals surface area contributed by atoms with Gasteiger partial charge in [-0.1, -0.05) is 56.3 Å². The van der Waals surface area contributed by atoms with Crippen molar-refractivity contribution in [3.8, 4) is 11.5 Å². The van der Waals surface area contributed by atoms with E-state index >= 15 is 0 Å². The summed E-state index contributed by atoms with van der Waals surface area (Å²) in [5.74, 6) is 0.411. The lowest BCUT2D eigenvalue weighted by atomic mass is 10.0. The number of carbonyl (C=O) groups excluding carboxylic acids is 3. The lowest BCUT2D eigenvalue weighted by molar-refractivity contribution is -0.158. The average molecular weight is 590 g/mol. The molecule has 0 saturated carbocycles. The minimum atomic E-state index is -0.969. The number of amides is 3. The zero-order valence-corrected chi connectivity index (χ0v) is 25.8. The Balaban J connectivity index is 1.69. The van der Waals surface area contributed by atoms with Gasteiger partial charge in [-0.2, -0.15) is 0 Å². The Morgan fingerprint density at radius 3 is 1.98 bits per heavy atom. The zero-order valence-electron chi connectivity index (χ0n) is 25.8. The minimum Gasteiger partial charge on any atom is -0.497 e. The predicted octanol–water partition coefficient (Wildman–Crippen LogP) is 5.88. The Labute approximate surface area is 254 Å². The van der Waals surface area contributed by atoms with Crippen molar-refractivity contribution in [2.75, 3.05) is 12.4 Å². The Hall–Kier alpha value is -4.53. The van der Waals surface area contributed by atoms with Crippen molar-refractivity contribution >= 4 is 23.6 Å². The van der Waals surface area contributed by atoms with E-state index in [0.717, 1.165) is 11.1 Å². The summed E-state index contributed by atoms with van der Waals surface area (Å²) in [7, 11) is 1.56. The van der Waals surface area contributed by atoms with Crippen molar-refractivity contribution in [3.63, 3.8) is 0 Å². The van der Waals surface area contributed by atoms with Crippen LogP contribution in [-0.2, 0) is 27.4 Å². The van der Waals surface area contributed by atoms with Gasteiger partial charge in [-0.3, -0.25) is 4.79 Å². The van der Waals surface area contributed by atoms with E-state index < -0.39 is 35.6 Å². The third-order valence-corrected chi connectivity index (χ3v) is 6.30. The number of ether oxygens (including phenoxy) is 3. The first-order valence-corrected chi connectivity index (χ1v) is 14.4. The molecule has 230 valence electrons. The molecule has 3 rings (SSSR count). The largest absolute Gasteiger partial charge is 0.497 e. The van der Waals surface area contributed by atoms with E-state index in [1.807, 2.05) is 68.4 Å². The molecule has 43 heavy (non-hydrogen) atoms. The van der Waals surface area contributed by atoms with Crippen LogP contribution in [0, 0.1) is 5.92 Å². The Morgan fingerprint density at radius 2 is 1.40 bits per heavy atom. The monoisotopic (exact) mass is 589 g/mol. The van der Waals surface area contributed by atoms with Crippen LogP contribution in [0.4, 0.5) is 10.5 Å². The summed E-state index contributed by atoms with van der Waals surface area (Å²) < 4.78 is 16.7. The molecule has 2 atom stereocenters. The third kappa shape index (κ3) is 11.7. The summed E-state index contributed by atoms with van der Waals surface area (Å²) in [5.41, 5.74) is 1.67. The van der Waals surface area contributed by atoms with Crippen LogP contribution in [0.5, 0.6) is 11.5 Å². The second-order valence-corrected chi connectivity index (χ2v) is 11.7. The molecular formula is C34H43N3O6. The maximum absolute atomic E-state index is 13.5. The quantitative estimate of drug-likeness (QED) is 0.215. The topological polar surface area (TPSA) is 115 Å². The van der Waals surface area contributed by atoms with E-state index in [4.69, 9.17) is 14.2 Å². The number of esters is 1. The van der Waals surface area contributed by atoms with Crippen LogP contribution in [0.15, 0.2) is 78.9 Å². The number of nitrogens with one attached hydrogen (secondary N) is 3. The van der Waals surface area contributed by atoms with Crippen LogP contribution in [0.2, 0.25) is 0 Å². The number of benzene rings is 3. The fourth-order valence-corrected chi connectivity index (χ4v) is 4.24. The number of rotatable bonds is 13. The highest BCUT2D eigenvalue weighted by Gasteiger charge is 2.30. The van der Waals surface area contributed by atoms with Gasteiger partial charge in [0, 0.05) is 12.1 Å². The average Bonchev–Trinajstić information content (AvgIpc) is 2.96. The van der Waals surface area contributed by atoms with E-state index in [1.54, 1.807) is 52.1 Å². The van der Waals surface area contributed by atoms with E-state index in [1.165, 1.54) is 0 Å². The van der Waals surface area contributed by atoms with Gasteiger partial charge in [0.15, 0.2) is 0 Å². The number of hydrogen-bond acceptors (Lipinski definition) is 6. The highest BCUT2D eigenvalue weighted by atomic mass is 16.6. The normalized spacial score (nSPS) is 12.5. The molecule has 0 aromatic heterocycles. The van der Waals surface area contributed by atoms with Crippen LogP contribution < -0.4 is 25.4 Å². The molecule has 3 N–H and O–H groups in total. The highest BCUT2D eigenvalue weighted by molar-refractivity contribution is 5.95. The number of carbonyl (C=O) groups is 3. The molecule has 2 unspecified atom stereocenters. The SMILES string of the molecule is COc1ccc(NC(=O)NC(CC(C)C)C(=O)NC(Cc2ccc(OCc3ccccc3)cc2)C(=O)OC(C)(C)C)cc1. The van der Waals surface area contributed by atoms with Crippen LogP contribution in [-0.4, -0.2) is 42.7 Å². The summed E-state index contributed by atoms with van der Waals surface area (Å²) >= 11 is 0. The van der Waals surface area contributed by atoms with E-state index in [-0.39, 0.29) is 12.3 Å². The maximum Gasteiger partial charge on any atom is 0.329 e. The molecule has 0 fully saturated rings. The van der Waals surface area contributed by atoms with Crippen LogP contribution in [0.3, 0.4) is 0 Å². The third-order valence-electron chi connectivity index (χ3n) is 6.30. The van der Waals surface area contributed by atoms with Gasteiger partial charge in [-0.25, -0.2) is 9.59 Å². The maximum atomic E-state index is 13.5. The lowest BCUT2D eigenvalue weighted by Gasteiger charge is -2.27. The molecular weight excluding hydrogens is 546 g/mol. The van der Waals surface area contributed by atoms with Crippen molar-refractivity contribution in [1.82, 2.24) is 10.6 Å². The summed E-state index contributed by atoms with van der Waals surface area (Å²) in [6.45, 7) is 9.67. The van der Waals surface area contributed by atoms with Crippen molar-refractivity contribution in [2.45, 2.75) is 71.8 Å². The predicted molar refractivity (Wildman–Crippen MR) is 167 cm³/mol. The Kier molecular flexibility index (Phi) is 12.0. The summed E-state index contributed by atoms with van der Waals surface area (Å²) in [6, 6.07) is 21.7. The van der Waals surface area contributed by atoms with E-state index in [0.29, 0.717) is 30.2 Å². The van der Waals surface area contributed by atoms with Crippen molar-refractivity contribution < 1.29 is 28.6 Å². The highest BCUT2D eigenvalue weighted by Crippen LogP contribution is 2.18. The first-order chi connectivity index (χ1) is 20.4. The fraction of sp³-hybridized carbons (Fsp3) is 0.382. The number of anilines is 1. The van der Waals surface area contributed by atoms with Gasteiger partial charge in [0.2, 0.25) is 5.91 Å². The molecule has 0 aliphatic rings. The van der Waals surface area contributed by atoms with Gasteiger partial charge < -0.3 is 30.2 Å². The van der Waals surface area contributed by atoms with Gasteiger partial charge >= 0.3 is 12.0 Å². The van der Waals surface area contributed by atoms with Crippen LogP contribution >= 0.6 is 0 Å². The van der Waals surface area contributed by atoms with Crippen molar-refractivity contribution in [2.24, 2.45) is 5.92 Å². The fourth-order valence-electron chi connectivity index (χ4n) is 4.24. The summed E-state index contributed by atoms with van der Waals surface area (Å²) in [6.07, 6.45) is 0.572. The smallest absolute Gasteiger partial charge is 0.329 e. The minimum absolute atomic E-state index is 0.0976. The molecule has 3 amide bonds. The van der Waals surface area contributed by atoms with Gasteiger partial charge in [-0.15, -0.1) is 0 Å². The lowest BCUT2D eigenvalue weighted by Crippen LogP contribution is -2.54. The van der Waals surface area contributed by atoms with Crippen LogP contribution in [0.1, 0.15) is 52.2 Å². The molecule has 0 saturated heterocycles. The molecule has 0 bridgehead atoms. The molecule has 0 aliphatic carbocycles. The standard InChI is InChI=1S/C34H43N3O6/c1-23(2)20-29(37-33(40)35-26-14-18-27(41-6)19-15-26)31(38)36-30(32(39)43-34(3,4)5)21-24-12-16-28(17-13-24)42-22-25-10-8-7-9-11-25/h7-19,23,29-30H,20-22H2,1-6H3,(H,36,38)(H2,35,37,40). The van der Waals surface area contributed by atoms with Crippen molar-refractivity contribution in [1.29, 1.82) is 0 Å². The van der Waals surface area contributed by atoms with Crippen molar-refractivity contribution in [3.05, 3.63) is 90.0 Å². The van der Waals surface area contributed by atoms with Gasteiger partial charge in [0.1, 0.15) is 35.8 Å². The number of urea groups is 1. The van der Waals surface area contributed by atoms with Gasteiger partial charge in [-0.05, 0) is 80.6 Å². The molecule has 3 aromatic rings. The number of hydrogen-bond donors (Lipinski definition) is 3. The van der Waals surface area contributed by atoms with Gasteiger partial charge in [0.05, 0.1) is 7.11 Å². The van der Waals surface area contributed by atoms with E-state index in [9.17, 15) is 14.4 Å². The summed E-state index contributed by atoms with van der Waals surface area (Å²) in [5, 5.41) is 8.33. The Morgan fingerprint density at radius 1 is 0.767 bits per heavy atom. The summed E-state index contributed by atoms with van der Waals surface area (Å²) in [4.78, 5) is 39.5. The van der Waals surface area contributed by atoms with E-state index in [2.05, 4.69) is 16.0 Å². The molecule has 0 spiro atoms. The first kappa shape index (κ1) is 33.0. The van der Waals surface area contributed by atoms with Gasteiger partial charge in [0.25, 0.3) is 0 Å². The first-order valence-electron chi connectivity index (χ1n) is 14.4. The Bertz CT molecular complexity index is 1320. The molecule has 0 aliphatic heterocycles. The molecule has 0 heterocycles. The zero-order chi connectivity index (χ0) is 31.4. The van der Waals surface area contributed by atoms with Crippen LogP contribution in [0.25, 0.3) is 0 Å². The molecule has 0 radical (unpaired) electrons. The molecule has 3 aromatic carbocycles.